The average molecular weight is 891 g/mol. The maximum atomic E-state index is 14.6. The van der Waals surface area contributed by atoms with Gasteiger partial charge in [0.05, 0.1) is 23.0 Å². The Morgan fingerprint density at radius 2 is 1.66 bits per heavy atom. The fraction of sp³-hybridized carbons (Fsp3) is 0.404. The molecule has 344 valence electrons. The normalized spacial score (nSPS) is 17.3. The second-order valence-corrected chi connectivity index (χ2v) is 17.1. The summed E-state index contributed by atoms with van der Waals surface area (Å²) in [6, 6.07) is 13.6. The highest BCUT2D eigenvalue weighted by Crippen LogP contribution is 2.40. The number of amides is 5. The van der Waals surface area contributed by atoms with Crippen molar-refractivity contribution < 1.29 is 38.9 Å². The van der Waals surface area contributed by atoms with E-state index < -0.39 is 59.8 Å². The molecule has 5 amide bonds. The monoisotopic (exact) mass is 890 g/mol. The third kappa shape index (κ3) is 11.8. The highest BCUT2D eigenvalue weighted by Gasteiger charge is 2.36. The lowest BCUT2D eigenvalue weighted by Crippen LogP contribution is -2.56. The van der Waals surface area contributed by atoms with E-state index in [2.05, 4.69) is 52.0 Å². The largest absolute Gasteiger partial charge is 0.507 e. The SMILES string of the molecule is Cc1nc(-c2ccc(C(C)(C)C)cc2)nc(C)c1C(=O)NC(CCN)C(=O)N(C)[C@@H]1C(=O)N[C@@H](C)C(=O)N[C@H](C(=O)NCC#N)Cc2ccc(O)c(c2)-c2cc1ccc2OCC(O)CN. The summed E-state index contributed by atoms with van der Waals surface area (Å²) in [7, 11) is 1.37. The number of hydrogen-bond acceptors (Lipinski definition) is 13. The van der Waals surface area contributed by atoms with Gasteiger partial charge in [-0.15, -0.1) is 0 Å². The molecule has 3 aromatic carbocycles. The standard InChI is InChI=1S/C47H58N10O8/c1-25-39(26(2)53-41(52-25)29-9-12-31(13-10-29)47(4,5)6)44(62)55-35(16-17-48)46(64)57(7)40-30-11-15-38(65-24-32(58)23-50)34(22-30)33-20-28(8-14-37(33)59)21-36(43(61)51-19-18-49)56-42(60)27(3)54-45(40)63/h8-15,20,22,27,32,35-36,40,58-59H,16-17,19,21,23-24,48,50H2,1-7H3,(H,51,61)(H,54,63)(H,55,62)(H,56,60)/t27-,32?,35?,36-,40-/m0/s1. The zero-order chi connectivity index (χ0) is 47.7. The summed E-state index contributed by atoms with van der Waals surface area (Å²) < 4.78 is 5.97. The van der Waals surface area contributed by atoms with Crippen LogP contribution < -0.4 is 37.5 Å². The smallest absolute Gasteiger partial charge is 0.255 e. The number of nitrogens with two attached hydrogens (primary N) is 2. The number of nitrogens with zero attached hydrogens (tertiary/aromatic N) is 4. The molecule has 18 heteroatoms. The molecule has 65 heavy (non-hydrogen) atoms. The van der Waals surface area contributed by atoms with Gasteiger partial charge in [0.15, 0.2) is 5.82 Å². The Morgan fingerprint density at radius 3 is 2.28 bits per heavy atom. The molecule has 0 aliphatic carbocycles. The molecule has 5 rings (SSSR count). The molecule has 1 aliphatic heterocycles. The molecule has 0 fully saturated rings. The number of ether oxygens (including phenoxy) is 1. The van der Waals surface area contributed by atoms with Crippen LogP contribution in [-0.2, 0) is 31.0 Å². The number of aromatic hydroxyl groups is 1. The predicted octanol–water partition coefficient (Wildman–Crippen LogP) is 1.96. The Balaban J connectivity index is 1.55. The molecule has 4 bridgehead atoms. The molecule has 0 spiro atoms. The van der Waals surface area contributed by atoms with Crippen LogP contribution in [0.5, 0.6) is 11.5 Å². The number of aliphatic hydroxyl groups is 1. The van der Waals surface area contributed by atoms with E-state index in [0.29, 0.717) is 22.8 Å². The van der Waals surface area contributed by atoms with E-state index >= 15 is 0 Å². The third-order valence-electron chi connectivity index (χ3n) is 11.1. The molecule has 4 aromatic rings. The van der Waals surface area contributed by atoms with Crippen LogP contribution >= 0.6 is 0 Å². The van der Waals surface area contributed by atoms with Gasteiger partial charge in [0.25, 0.3) is 5.91 Å². The summed E-state index contributed by atoms with van der Waals surface area (Å²) in [5.74, 6) is -3.18. The molecule has 1 aliphatic rings. The topological polar surface area (TPSA) is 288 Å². The molecule has 0 radical (unpaired) electrons. The van der Waals surface area contributed by atoms with Crippen LogP contribution in [0.3, 0.4) is 0 Å². The van der Waals surface area contributed by atoms with E-state index in [0.717, 1.165) is 16.0 Å². The minimum absolute atomic E-state index is 0.0277. The van der Waals surface area contributed by atoms with Crippen molar-refractivity contribution in [3.05, 3.63) is 94.3 Å². The van der Waals surface area contributed by atoms with Crippen LogP contribution in [0.2, 0.25) is 0 Å². The molecule has 5 atom stereocenters. The summed E-state index contributed by atoms with van der Waals surface area (Å²) in [6.45, 7) is 10.4. The van der Waals surface area contributed by atoms with Crippen molar-refractivity contribution in [2.75, 3.05) is 33.3 Å². The number of hydrogen-bond donors (Lipinski definition) is 8. The predicted molar refractivity (Wildman–Crippen MR) is 242 cm³/mol. The molecular weight excluding hydrogens is 833 g/mol. The lowest BCUT2D eigenvalue weighted by Gasteiger charge is -2.32. The fourth-order valence-corrected chi connectivity index (χ4v) is 7.46. The number of aryl methyl sites for hydroxylation is 2. The van der Waals surface area contributed by atoms with Gasteiger partial charge in [-0.05, 0) is 80.1 Å². The number of rotatable bonds is 13. The minimum Gasteiger partial charge on any atom is -0.507 e. The third-order valence-corrected chi connectivity index (χ3v) is 11.1. The Bertz CT molecular complexity index is 2440. The molecule has 0 saturated carbocycles. The average Bonchev–Trinajstić information content (AvgIpc) is 3.26. The van der Waals surface area contributed by atoms with E-state index in [1.807, 2.05) is 30.3 Å². The summed E-state index contributed by atoms with van der Waals surface area (Å²) in [6.07, 6.45) is -1.15. The van der Waals surface area contributed by atoms with Gasteiger partial charge >= 0.3 is 0 Å². The van der Waals surface area contributed by atoms with Crippen LogP contribution in [0, 0.1) is 25.2 Å². The van der Waals surface area contributed by atoms with Gasteiger partial charge in [-0.1, -0.05) is 57.2 Å². The van der Waals surface area contributed by atoms with E-state index in [9.17, 15) is 34.2 Å². The molecule has 0 saturated heterocycles. The number of nitrogens with one attached hydrogen (secondary N) is 4. The first kappa shape index (κ1) is 49.1. The second kappa shape index (κ2) is 21.2. The van der Waals surface area contributed by atoms with Crippen LogP contribution in [0.1, 0.15) is 78.6 Å². The zero-order valence-electron chi connectivity index (χ0n) is 37.7. The number of aliphatic hydroxyl groups excluding tert-OH is 1. The van der Waals surface area contributed by atoms with Crippen LogP contribution in [0.15, 0.2) is 60.7 Å². The molecular formula is C47H58N10O8. The summed E-state index contributed by atoms with van der Waals surface area (Å²) in [5.41, 5.74) is 15.5. The summed E-state index contributed by atoms with van der Waals surface area (Å²) in [4.78, 5) is 80.5. The van der Waals surface area contributed by atoms with Gasteiger partial charge in [0.1, 0.15) is 54.9 Å². The van der Waals surface area contributed by atoms with Gasteiger partial charge in [0.2, 0.25) is 23.6 Å². The maximum Gasteiger partial charge on any atom is 0.255 e. The molecule has 18 nitrogen and oxygen atoms in total. The van der Waals surface area contributed by atoms with Crippen LogP contribution in [0.4, 0.5) is 0 Å². The Morgan fingerprint density at radius 1 is 0.985 bits per heavy atom. The lowest BCUT2D eigenvalue weighted by molar-refractivity contribution is -0.141. The van der Waals surface area contributed by atoms with Crippen molar-refractivity contribution in [3.8, 4) is 40.1 Å². The van der Waals surface area contributed by atoms with E-state index in [4.69, 9.17) is 21.5 Å². The van der Waals surface area contributed by atoms with Crippen molar-refractivity contribution >= 4 is 29.5 Å². The number of phenols is 1. The summed E-state index contributed by atoms with van der Waals surface area (Å²) in [5, 5.41) is 41.2. The zero-order valence-corrected chi connectivity index (χ0v) is 37.7. The first-order valence-corrected chi connectivity index (χ1v) is 21.2. The number of fused-ring (bicyclic) bond motifs is 5. The molecule has 10 N–H and O–H groups in total. The highest BCUT2D eigenvalue weighted by atomic mass is 16.5. The fourth-order valence-electron chi connectivity index (χ4n) is 7.46. The van der Waals surface area contributed by atoms with Gasteiger partial charge in [-0.2, -0.15) is 5.26 Å². The summed E-state index contributed by atoms with van der Waals surface area (Å²) >= 11 is 0. The minimum atomic E-state index is -1.48. The number of aromatic nitrogens is 2. The van der Waals surface area contributed by atoms with E-state index in [1.165, 1.54) is 38.2 Å². The number of carbonyl (C=O) groups is 5. The van der Waals surface area contributed by atoms with Crippen LogP contribution in [-0.4, -0.2) is 112 Å². The van der Waals surface area contributed by atoms with Crippen molar-refractivity contribution in [1.82, 2.24) is 36.1 Å². The number of carbonyl (C=O) groups excluding carboxylic acids is 5. The number of nitriles is 1. The van der Waals surface area contributed by atoms with Crippen molar-refractivity contribution in [2.24, 2.45) is 11.5 Å². The van der Waals surface area contributed by atoms with Crippen LogP contribution in [0.25, 0.3) is 22.5 Å². The van der Waals surface area contributed by atoms with Crippen molar-refractivity contribution in [2.45, 2.75) is 90.1 Å². The van der Waals surface area contributed by atoms with Crippen molar-refractivity contribution in [1.29, 1.82) is 5.26 Å². The van der Waals surface area contributed by atoms with Gasteiger partial charge in [-0.3, -0.25) is 24.0 Å². The Labute approximate surface area is 378 Å². The van der Waals surface area contributed by atoms with E-state index in [-0.39, 0.29) is 78.3 Å². The molecule has 2 heterocycles. The van der Waals surface area contributed by atoms with Gasteiger partial charge < -0.3 is 52.6 Å². The molecule has 2 unspecified atom stereocenters. The lowest BCUT2D eigenvalue weighted by atomic mass is 9.86. The quantitative estimate of drug-likeness (QED) is 0.0893. The molecule has 1 aromatic heterocycles. The Kier molecular flexibility index (Phi) is 16.0. The Hall–Kier alpha value is -6.94. The van der Waals surface area contributed by atoms with E-state index in [1.54, 1.807) is 26.0 Å². The number of phenolic OH excluding ortho intramolecular Hbond substituents is 1. The maximum absolute atomic E-state index is 14.6. The second-order valence-electron chi connectivity index (χ2n) is 17.1. The highest BCUT2D eigenvalue weighted by molar-refractivity contribution is 6.00. The van der Waals surface area contributed by atoms with Gasteiger partial charge in [-0.25, -0.2) is 9.97 Å². The first-order valence-electron chi connectivity index (χ1n) is 21.2. The van der Waals surface area contributed by atoms with Gasteiger partial charge in [0, 0.05) is 36.7 Å². The number of likely N-dealkylation sites (N-methyl/N-ethyl adjacent to an activating group) is 1. The number of benzene rings is 3. The first-order chi connectivity index (χ1) is 30.8. The van der Waals surface area contributed by atoms with Crippen molar-refractivity contribution in [3.63, 3.8) is 0 Å².